The number of aliphatic imine (C=N–C) groups is 1. The van der Waals surface area contributed by atoms with Gasteiger partial charge in [-0.25, -0.2) is 13.8 Å². The second-order valence-corrected chi connectivity index (χ2v) is 8.99. The zero-order chi connectivity index (χ0) is 24.5. The maximum atomic E-state index is 14.1. The van der Waals surface area contributed by atoms with Gasteiger partial charge in [0.1, 0.15) is 29.3 Å². The van der Waals surface area contributed by atoms with Crippen molar-refractivity contribution in [2.45, 2.75) is 38.0 Å². The molecule has 0 radical (unpaired) electrons. The molecule has 0 saturated carbocycles. The van der Waals surface area contributed by atoms with Gasteiger partial charge in [0.05, 0.1) is 24.9 Å². The molecule has 1 aromatic heterocycles. The zero-order valence-electron chi connectivity index (χ0n) is 18.8. The van der Waals surface area contributed by atoms with Crippen LogP contribution >= 0.6 is 11.6 Å². The number of nitrogens with zero attached hydrogens (tertiary/aromatic N) is 3. The highest BCUT2D eigenvalue weighted by Gasteiger charge is 2.32. The van der Waals surface area contributed by atoms with Gasteiger partial charge >= 0.3 is 0 Å². The van der Waals surface area contributed by atoms with Crippen molar-refractivity contribution in [3.8, 4) is 0 Å². The summed E-state index contributed by atoms with van der Waals surface area (Å²) in [5, 5.41) is 3.48. The largest absolute Gasteiger partial charge is 0.365 e. The minimum atomic E-state index is -0.707. The van der Waals surface area contributed by atoms with E-state index in [1.54, 1.807) is 10.8 Å². The molecule has 0 spiro atoms. The predicted octanol–water partition coefficient (Wildman–Crippen LogP) is 5.33. The highest BCUT2D eigenvalue weighted by atomic mass is 35.5. The molecule has 3 aliphatic rings. The third-order valence-corrected chi connectivity index (χ3v) is 6.52. The first kappa shape index (κ1) is 23.4. The number of nitrogens with one attached hydrogen (secondary N) is 1. The van der Waals surface area contributed by atoms with Crippen molar-refractivity contribution in [2.75, 3.05) is 6.54 Å². The van der Waals surface area contributed by atoms with Gasteiger partial charge < -0.3 is 10.1 Å². The normalized spacial score (nSPS) is 20.8. The summed E-state index contributed by atoms with van der Waals surface area (Å²) in [7, 11) is 0. The molecular formula is C26H23ClF2N4O2. The number of hydrogen-bond acceptors (Lipinski definition) is 4. The third-order valence-electron chi connectivity index (χ3n) is 6.27. The lowest BCUT2D eigenvalue weighted by Gasteiger charge is -2.26. The van der Waals surface area contributed by atoms with Crippen molar-refractivity contribution in [2.24, 2.45) is 4.99 Å². The van der Waals surface area contributed by atoms with Crippen LogP contribution in [0.4, 0.5) is 8.78 Å². The van der Waals surface area contributed by atoms with Gasteiger partial charge in [-0.1, -0.05) is 36.4 Å². The number of rotatable bonds is 6. The number of aromatic nitrogens is 2. The summed E-state index contributed by atoms with van der Waals surface area (Å²) in [5.74, 6) is -1.34. The van der Waals surface area contributed by atoms with E-state index < -0.39 is 17.7 Å². The first-order chi connectivity index (χ1) is 17.0. The summed E-state index contributed by atoms with van der Waals surface area (Å²) >= 11 is 6.39. The molecule has 0 bridgehead atoms. The zero-order valence-corrected chi connectivity index (χ0v) is 19.6. The molecule has 1 aliphatic carbocycles. The lowest BCUT2D eigenvalue weighted by molar-refractivity contribution is 0.0298. The Morgan fingerprint density at radius 3 is 2.91 bits per heavy atom. The molecule has 9 heteroatoms. The van der Waals surface area contributed by atoms with E-state index in [1.165, 1.54) is 24.3 Å². The molecule has 35 heavy (non-hydrogen) atoms. The minimum absolute atomic E-state index is 0.180. The van der Waals surface area contributed by atoms with Crippen LogP contribution in [-0.2, 0) is 11.3 Å². The lowest BCUT2D eigenvalue weighted by Crippen LogP contribution is -2.41. The molecule has 2 aromatic rings. The number of hydrogen-bond donors (Lipinski definition) is 1. The van der Waals surface area contributed by atoms with E-state index in [0.717, 1.165) is 24.0 Å². The van der Waals surface area contributed by atoms with Crippen LogP contribution in [0.25, 0.3) is 12.3 Å². The quantitative estimate of drug-likeness (QED) is 0.587. The number of benzene rings is 1. The van der Waals surface area contributed by atoms with Gasteiger partial charge in [-0.3, -0.25) is 14.4 Å². The van der Waals surface area contributed by atoms with Crippen molar-refractivity contribution in [1.82, 2.24) is 14.9 Å². The second-order valence-electron chi connectivity index (χ2n) is 8.50. The van der Waals surface area contributed by atoms with Crippen molar-refractivity contribution in [3.63, 3.8) is 0 Å². The van der Waals surface area contributed by atoms with Gasteiger partial charge in [0.2, 0.25) is 0 Å². The van der Waals surface area contributed by atoms with Crippen molar-refractivity contribution in [1.29, 1.82) is 0 Å². The summed E-state index contributed by atoms with van der Waals surface area (Å²) in [6.07, 6.45) is 10.5. The molecule has 3 heterocycles. The SMILES string of the molecule is C=Cc1nc2n(c1C(=O)NC1CN=CC3=C1C=CCC3)C=C(Cl)CC2OCc1c(F)cccc1F. The van der Waals surface area contributed by atoms with Crippen molar-refractivity contribution < 1.29 is 18.3 Å². The Labute approximate surface area is 206 Å². The third kappa shape index (κ3) is 4.51. The summed E-state index contributed by atoms with van der Waals surface area (Å²) in [5.41, 5.74) is 2.62. The van der Waals surface area contributed by atoms with Crippen LogP contribution in [0.2, 0.25) is 0 Å². The number of allylic oxidation sites excluding steroid dienone is 2. The smallest absolute Gasteiger partial charge is 0.271 e. The van der Waals surface area contributed by atoms with Crippen LogP contribution in [0.1, 0.15) is 52.9 Å². The Balaban J connectivity index is 1.42. The Morgan fingerprint density at radius 1 is 1.34 bits per heavy atom. The minimum Gasteiger partial charge on any atom is -0.365 e. The summed E-state index contributed by atoms with van der Waals surface area (Å²) in [6, 6.07) is 3.38. The van der Waals surface area contributed by atoms with Gasteiger partial charge in [0.15, 0.2) is 0 Å². The van der Waals surface area contributed by atoms with Crippen LogP contribution in [0.15, 0.2) is 58.1 Å². The Bertz CT molecular complexity index is 1300. The summed E-state index contributed by atoms with van der Waals surface area (Å²) in [6.45, 7) is 3.93. The maximum absolute atomic E-state index is 14.1. The fourth-order valence-corrected chi connectivity index (χ4v) is 4.78. The molecule has 0 fully saturated rings. The number of halogens is 3. The highest BCUT2D eigenvalue weighted by molar-refractivity contribution is 6.31. The maximum Gasteiger partial charge on any atom is 0.271 e. The molecule has 2 atom stereocenters. The molecule has 5 rings (SSSR count). The number of carbonyl (C=O) groups excluding carboxylic acids is 1. The molecule has 180 valence electrons. The number of fused-ring (bicyclic) bond motifs is 1. The standard InChI is InChI=1S/C26H23ClF2N4O2/c1-2-21-24(26(34)32-22-12-30-11-15-6-3-4-7-17(15)22)33-13-16(27)10-23(25(33)31-21)35-14-18-19(28)8-5-9-20(18)29/h2,4-5,7-9,11,13,22-23H,1,3,6,10,12,14H2,(H,32,34). The second kappa shape index (κ2) is 9.71. The van der Waals surface area contributed by atoms with Gasteiger partial charge in [-0.15, -0.1) is 0 Å². The average molecular weight is 497 g/mol. The number of ether oxygens (including phenoxy) is 1. The fourth-order valence-electron chi connectivity index (χ4n) is 4.54. The number of amides is 1. The van der Waals surface area contributed by atoms with Crippen LogP contribution in [0.3, 0.4) is 0 Å². The van der Waals surface area contributed by atoms with Gasteiger partial charge in [0.25, 0.3) is 5.91 Å². The summed E-state index contributed by atoms with van der Waals surface area (Å²) < 4.78 is 35.6. The van der Waals surface area contributed by atoms with Crippen LogP contribution in [0.5, 0.6) is 0 Å². The lowest BCUT2D eigenvalue weighted by atomic mass is 9.91. The van der Waals surface area contributed by atoms with Gasteiger partial charge in [0, 0.05) is 29.4 Å². The van der Waals surface area contributed by atoms with Crippen LogP contribution in [0, 0.1) is 11.6 Å². The number of imidazole rings is 1. The molecule has 2 unspecified atom stereocenters. The van der Waals surface area contributed by atoms with E-state index in [0.29, 0.717) is 23.1 Å². The fraction of sp³-hybridized carbons (Fsp3) is 0.269. The van der Waals surface area contributed by atoms with E-state index >= 15 is 0 Å². The topological polar surface area (TPSA) is 68.5 Å². The molecule has 1 aromatic carbocycles. The Morgan fingerprint density at radius 2 is 2.14 bits per heavy atom. The molecule has 1 amide bonds. The average Bonchev–Trinajstić information content (AvgIpc) is 3.22. The first-order valence-electron chi connectivity index (χ1n) is 11.3. The molecule has 1 N–H and O–H groups in total. The monoisotopic (exact) mass is 496 g/mol. The van der Waals surface area contributed by atoms with Crippen molar-refractivity contribution >= 4 is 36.0 Å². The Kier molecular flexibility index (Phi) is 6.49. The highest BCUT2D eigenvalue weighted by Crippen LogP contribution is 2.35. The molecular weight excluding hydrogens is 474 g/mol. The molecule has 2 aliphatic heterocycles. The molecule has 0 saturated heterocycles. The Hall–Kier alpha value is -3.36. The van der Waals surface area contributed by atoms with Crippen molar-refractivity contribution in [3.05, 3.63) is 87.5 Å². The van der Waals surface area contributed by atoms with E-state index in [9.17, 15) is 13.6 Å². The predicted molar refractivity (Wildman–Crippen MR) is 131 cm³/mol. The first-order valence-corrected chi connectivity index (χ1v) is 11.7. The van der Waals surface area contributed by atoms with Gasteiger partial charge in [-0.05, 0) is 42.2 Å². The number of dihydropyridines is 1. The van der Waals surface area contributed by atoms with Crippen LogP contribution in [-0.4, -0.2) is 34.3 Å². The summed E-state index contributed by atoms with van der Waals surface area (Å²) in [4.78, 5) is 22.4. The van der Waals surface area contributed by atoms with E-state index in [4.69, 9.17) is 16.3 Å². The van der Waals surface area contributed by atoms with E-state index in [1.807, 2.05) is 12.3 Å². The van der Waals surface area contributed by atoms with E-state index in [-0.39, 0.29) is 36.2 Å². The number of carbonyl (C=O) groups is 1. The molecule has 6 nitrogen and oxygen atoms in total. The van der Waals surface area contributed by atoms with E-state index in [2.05, 4.69) is 27.9 Å². The van der Waals surface area contributed by atoms with Gasteiger partial charge in [-0.2, -0.15) is 0 Å². The van der Waals surface area contributed by atoms with Crippen LogP contribution < -0.4 is 5.32 Å².